The Bertz CT molecular complexity index is 685. The van der Waals surface area contributed by atoms with E-state index in [2.05, 4.69) is 0 Å². The van der Waals surface area contributed by atoms with Crippen molar-refractivity contribution < 1.29 is 13.7 Å². The first kappa shape index (κ1) is 14.8. The van der Waals surface area contributed by atoms with Crippen LogP contribution in [0.2, 0.25) is 0 Å². The fourth-order valence-corrected chi connectivity index (χ4v) is 4.11. The number of hydrogen-bond donors (Lipinski definition) is 0. The molecule has 3 rings (SSSR count). The maximum absolute atomic E-state index is 12.4. The molecule has 0 aromatic heterocycles. The number of nitrogens with zero attached hydrogens (tertiary/aromatic N) is 1. The van der Waals surface area contributed by atoms with E-state index in [-0.39, 0.29) is 11.7 Å². The maximum atomic E-state index is 12.4. The molecule has 0 radical (unpaired) electrons. The monoisotopic (exact) mass is 315 g/mol. The van der Waals surface area contributed by atoms with Crippen molar-refractivity contribution in [1.29, 1.82) is 0 Å². The topological polar surface area (TPSA) is 46.6 Å². The molecule has 0 saturated carbocycles. The number of hydrogen-bond acceptors (Lipinski definition) is 3. The van der Waals surface area contributed by atoms with Crippen molar-refractivity contribution in [2.45, 2.75) is 11.9 Å². The van der Waals surface area contributed by atoms with E-state index in [0.29, 0.717) is 6.54 Å². The van der Waals surface area contributed by atoms with Crippen molar-refractivity contribution in [2.75, 3.05) is 12.9 Å². The van der Waals surface area contributed by atoms with Crippen molar-refractivity contribution >= 4 is 16.7 Å². The third-order valence-electron chi connectivity index (χ3n) is 3.71. The Morgan fingerprint density at radius 2 is 1.82 bits per heavy atom. The summed E-state index contributed by atoms with van der Waals surface area (Å²) < 4.78 is 17.5. The summed E-state index contributed by atoms with van der Waals surface area (Å²) in [7, 11) is 0.387. The van der Waals surface area contributed by atoms with Gasteiger partial charge < -0.3 is 9.64 Å². The molecule has 1 amide bonds. The van der Waals surface area contributed by atoms with Crippen LogP contribution in [0.4, 0.5) is 0 Å². The van der Waals surface area contributed by atoms with Gasteiger partial charge in [-0.25, -0.2) is 0 Å². The highest BCUT2D eigenvalue weighted by molar-refractivity contribution is 7.86. The molecule has 22 heavy (non-hydrogen) atoms. The van der Waals surface area contributed by atoms with Gasteiger partial charge in [0.1, 0.15) is 16.9 Å². The average Bonchev–Trinajstić information content (AvgIpc) is 2.82. The second-order valence-corrected chi connectivity index (χ2v) is 6.65. The second-order valence-electron chi connectivity index (χ2n) is 5.16. The normalized spacial score (nSPS) is 21.1. The van der Waals surface area contributed by atoms with E-state index < -0.39 is 16.2 Å². The van der Waals surface area contributed by atoms with Gasteiger partial charge in [-0.3, -0.25) is 9.00 Å². The molecule has 2 atom stereocenters. The zero-order valence-electron chi connectivity index (χ0n) is 12.3. The summed E-state index contributed by atoms with van der Waals surface area (Å²) in [5.41, 5.74) is 1.91. The second kappa shape index (κ2) is 6.32. The van der Waals surface area contributed by atoms with Gasteiger partial charge in [0.15, 0.2) is 0 Å². The van der Waals surface area contributed by atoms with Crippen molar-refractivity contribution in [1.82, 2.24) is 4.90 Å². The summed E-state index contributed by atoms with van der Waals surface area (Å²) in [6, 6.07) is 17.2. The summed E-state index contributed by atoms with van der Waals surface area (Å²) >= 11 is 0. The Morgan fingerprint density at radius 1 is 1.14 bits per heavy atom. The molecule has 2 aromatic carbocycles. The van der Waals surface area contributed by atoms with Crippen LogP contribution in [-0.4, -0.2) is 27.9 Å². The highest BCUT2D eigenvalue weighted by Gasteiger charge is 2.38. The van der Waals surface area contributed by atoms with Gasteiger partial charge in [-0.2, -0.15) is 0 Å². The van der Waals surface area contributed by atoms with Gasteiger partial charge in [-0.1, -0.05) is 42.5 Å². The van der Waals surface area contributed by atoms with E-state index >= 15 is 0 Å². The summed E-state index contributed by atoms with van der Waals surface area (Å²) in [6.07, 6.45) is 0. The van der Waals surface area contributed by atoms with E-state index in [1.54, 1.807) is 12.0 Å². The lowest BCUT2D eigenvalue weighted by Gasteiger charge is -2.24. The van der Waals surface area contributed by atoms with E-state index in [9.17, 15) is 9.00 Å². The molecule has 5 heteroatoms. The number of amides is 1. The van der Waals surface area contributed by atoms with E-state index in [1.807, 2.05) is 54.6 Å². The minimum absolute atomic E-state index is 0.0667. The SMILES string of the molecule is COc1ccc(C2N(Cc3ccccc3)C(=O)CS2=O)cc1. The molecule has 114 valence electrons. The first-order valence-electron chi connectivity index (χ1n) is 7.03. The first-order chi connectivity index (χ1) is 10.7. The Hall–Kier alpha value is -2.14. The molecule has 1 aliphatic rings. The summed E-state index contributed by atoms with van der Waals surface area (Å²) in [5, 5.41) is -0.390. The molecule has 2 aromatic rings. The molecule has 1 heterocycles. The minimum Gasteiger partial charge on any atom is -0.497 e. The third-order valence-corrected chi connectivity index (χ3v) is 5.27. The van der Waals surface area contributed by atoms with Gasteiger partial charge in [-0.05, 0) is 23.3 Å². The summed E-state index contributed by atoms with van der Waals surface area (Å²) in [5.74, 6) is 0.764. The smallest absolute Gasteiger partial charge is 0.236 e. The molecule has 0 aliphatic carbocycles. The first-order valence-corrected chi connectivity index (χ1v) is 8.42. The summed E-state index contributed by atoms with van der Waals surface area (Å²) in [6.45, 7) is 0.474. The lowest BCUT2D eigenvalue weighted by atomic mass is 10.1. The highest BCUT2D eigenvalue weighted by atomic mass is 32.2. The highest BCUT2D eigenvalue weighted by Crippen LogP contribution is 2.32. The molecule has 1 saturated heterocycles. The van der Waals surface area contributed by atoms with Crippen LogP contribution in [0.5, 0.6) is 5.75 Å². The molecule has 0 bridgehead atoms. The average molecular weight is 315 g/mol. The van der Waals surface area contributed by atoms with E-state index in [0.717, 1.165) is 16.9 Å². The lowest BCUT2D eigenvalue weighted by Crippen LogP contribution is -2.28. The van der Waals surface area contributed by atoms with Crippen molar-refractivity contribution in [3.63, 3.8) is 0 Å². The third kappa shape index (κ3) is 2.90. The molecule has 0 N–H and O–H groups in total. The molecule has 2 unspecified atom stereocenters. The van der Waals surface area contributed by atoms with Crippen LogP contribution in [0.1, 0.15) is 16.5 Å². The summed E-state index contributed by atoms with van der Waals surface area (Å²) in [4.78, 5) is 13.9. The lowest BCUT2D eigenvalue weighted by molar-refractivity contribution is -0.128. The van der Waals surface area contributed by atoms with Crippen LogP contribution in [-0.2, 0) is 22.1 Å². The molecular formula is C17H17NO3S. The van der Waals surface area contributed by atoms with Crippen molar-refractivity contribution in [3.8, 4) is 5.75 Å². The molecule has 0 spiro atoms. The van der Waals surface area contributed by atoms with E-state index in [1.165, 1.54) is 0 Å². The van der Waals surface area contributed by atoms with Crippen molar-refractivity contribution in [2.24, 2.45) is 0 Å². The minimum atomic E-state index is -1.22. The fourth-order valence-electron chi connectivity index (χ4n) is 2.61. The van der Waals surface area contributed by atoms with Crippen LogP contribution in [0, 0.1) is 0 Å². The van der Waals surface area contributed by atoms with Gasteiger partial charge in [0.05, 0.1) is 17.9 Å². The Labute approximate surface area is 132 Å². The zero-order valence-corrected chi connectivity index (χ0v) is 13.1. The van der Waals surface area contributed by atoms with Gasteiger partial charge >= 0.3 is 0 Å². The van der Waals surface area contributed by atoms with Gasteiger partial charge in [0.2, 0.25) is 5.91 Å². The number of carbonyl (C=O) groups is 1. The Balaban J connectivity index is 1.89. The van der Waals surface area contributed by atoms with Crippen LogP contribution in [0.25, 0.3) is 0 Å². The quantitative estimate of drug-likeness (QED) is 0.871. The number of methoxy groups -OCH3 is 1. The Morgan fingerprint density at radius 3 is 2.45 bits per heavy atom. The maximum Gasteiger partial charge on any atom is 0.236 e. The Kier molecular flexibility index (Phi) is 4.24. The van der Waals surface area contributed by atoms with Gasteiger partial charge in [0.25, 0.3) is 0 Å². The van der Waals surface area contributed by atoms with Crippen molar-refractivity contribution in [3.05, 3.63) is 65.7 Å². The van der Waals surface area contributed by atoms with Crippen LogP contribution in [0.3, 0.4) is 0 Å². The molecular weight excluding hydrogens is 298 g/mol. The van der Waals surface area contributed by atoms with Crippen LogP contribution in [0.15, 0.2) is 54.6 Å². The standard InChI is InChI=1S/C17H17NO3S/c1-21-15-9-7-14(8-10-15)17-18(16(19)12-22(17)20)11-13-5-3-2-4-6-13/h2-10,17H,11-12H2,1H3. The zero-order chi connectivity index (χ0) is 15.5. The largest absolute Gasteiger partial charge is 0.497 e. The van der Waals surface area contributed by atoms with Gasteiger partial charge in [-0.15, -0.1) is 0 Å². The predicted molar refractivity (Wildman–Crippen MR) is 85.7 cm³/mol. The fraction of sp³-hybridized carbons (Fsp3) is 0.235. The van der Waals surface area contributed by atoms with E-state index in [4.69, 9.17) is 4.74 Å². The van der Waals surface area contributed by atoms with Crippen LogP contribution < -0.4 is 4.74 Å². The molecule has 1 fully saturated rings. The number of carbonyl (C=O) groups excluding carboxylic acids is 1. The molecule has 4 nitrogen and oxygen atoms in total. The number of ether oxygens (including phenoxy) is 1. The molecule has 1 aliphatic heterocycles. The number of benzene rings is 2. The van der Waals surface area contributed by atoms with Crippen LogP contribution >= 0.6 is 0 Å². The van der Waals surface area contributed by atoms with Gasteiger partial charge in [0, 0.05) is 6.54 Å². The predicted octanol–water partition coefficient (Wildman–Crippen LogP) is 2.48. The number of rotatable bonds is 4.